The number of hydrogen-bond acceptors (Lipinski definition) is 3. The lowest BCUT2D eigenvalue weighted by atomic mass is 10.2. The lowest BCUT2D eigenvalue weighted by Gasteiger charge is -2.12. The highest BCUT2D eigenvalue weighted by molar-refractivity contribution is 5.76. The molecule has 0 aromatic heterocycles. The highest BCUT2D eigenvalue weighted by Gasteiger charge is 2.23. The fourth-order valence-electron chi connectivity index (χ4n) is 1.20. The normalized spacial score (nSPS) is 22.1. The highest BCUT2D eigenvalue weighted by Crippen LogP contribution is 2.07. The van der Waals surface area contributed by atoms with Crippen LogP contribution in [-0.4, -0.2) is 24.7 Å². The van der Waals surface area contributed by atoms with Gasteiger partial charge < -0.3 is 10.1 Å². The van der Waals surface area contributed by atoms with E-state index in [9.17, 15) is 4.79 Å². The second-order valence-electron chi connectivity index (χ2n) is 3.13. The Labute approximate surface area is 74.5 Å². The molecule has 3 heteroatoms. The molecule has 0 aromatic carbocycles. The molecule has 0 bridgehead atoms. The molecule has 0 amide bonds. The molecular formula is C9H19NO2. The molecule has 1 atom stereocenters. The standard InChI is InChI=1S/C8H15NO2.CH4/c1-6(2)11-8(10)7-4-3-5-9-7;/h6-7,9H,3-5H2,1-2H3;1H4. The van der Waals surface area contributed by atoms with Gasteiger partial charge in [-0.1, -0.05) is 7.43 Å². The maximum Gasteiger partial charge on any atom is 0.323 e. The fourth-order valence-corrected chi connectivity index (χ4v) is 1.20. The fraction of sp³-hybridized carbons (Fsp3) is 0.889. The van der Waals surface area contributed by atoms with E-state index in [2.05, 4.69) is 5.32 Å². The van der Waals surface area contributed by atoms with Gasteiger partial charge >= 0.3 is 5.97 Å². The van der Waals surface area contributed by atoms with Gasteiger partial charge in [-0.3, -0.25) is 4.79 Å². The molecule has 0 spiro atoms. The third-order valence-corrected chi connectivity index (χ3v) is 1.70. The van der Waals surface area contributed by atoms with Crippen molar-refractivity contribution in [3.63, 3.8) is 0 Å². The summed E-state index contributed by atoms with van der Waals surface area (Å²) in [5, 5.41) is 3.09. The average Bonchev–Trinajstić information content (AvgIpc) is 2.35. The molecule has 3 nitrogen and oxygen atoms in total. The first-order valence-electron chi connectivity index (χ1n) is 4.14. The Morgan fingerprint density at radius 1 is 1.58 bits per heavy atom. The molecule has 72 valence electrons. The smallest absolute Gasteiger partial charge is 0.323 e. The van der Waals surface area contributed by atoms with Crippen LogP contribution in [-0.2, 0) is 9.53 Å². The van der Waals surface area contributed by atoms with Crippen LogP contribution in [0.1, 0.15) is 34.1 Å². The molecule has 1 rings (SSSR count). The van der Waals surface area contributed by atoms with Gasteiger partial charge in [0.15, 0.2) is 0 Å². The van der Waals surface area contributed by atoms with Crippen molar-refractivity contribution in [1.29, 1.82) is 0 Å². The summed E-state index contributed by atoms with van der Waals surface area (Å²) in [6, 6.07) is -0.0441. The third-order valence-electron chi connectivity index (χ3n) is 1.70. The zero-order valence-electron chi connectivity index (χ0n) is 7.09. The minimum atomic E-state index is -0.0995. The Hall–Kier alpha value is -0.570. The van der Waals surface area contributed by atoms with Crippen LogP contribution >= 0.6 is 0 Å². The largest absolute Gasteiger partial charge is 0.462 e. The lowest BCUT2D eigenvalue weighted by molar-refractivity contribution is -0.149. The van der Waals surface area contributed by atoms with Gasteiger partial charge in [-0.05, 0) is 33.2 Å². The number of rotatable bonds is 2. The molecular weight excluding hydrogens is 154 g/mol. The molecule has 0 radical (unpaired) electrons. The predicted molar refractivity (Wildman–Crippen MR) is 49.0 cm³/mol. The number of esters is 1. The topological polar surface area (TPSA) is 38.3 Å². The number of hydrogen-bond donors (Lipinski definition) is 1. The van der Waals surface area contributed by atoms with E-state index in [1.165, 1.54) is 0 Å². The van der Waals surface area contributed by atoms with Crippen LogP contribution in [0.15, 0.2) is 0 Å². The Balaban J connectivity index is 0.00000121. The average molecular weight is 173 g/mol. The zero-order chi connectivity index (χ0) is 8.27. The van der Waals surface area contributed by atoms with E-state index < -0.39 is 0 Å². The van der Waals surface area contributed by atoms with Gasteiger partial charge in [-0.2, -0.15) is 0 Å². The SMILES string of the molecule is C.CC(C)OC(=O)C1CCCN1. The molecule has 0 aliphatic carbocycles. The van der Waals surface area contributed by atoms with Crippen molar-refractivity contribution in [3.8, 4) is 0 Å². The van der Waals surface area contributed by atoms with Crippen molar-refractivity contribution < 1.29 is 9.53 Å². The van der Waals surface area contributed by atoms with Gasteiger partial charge in [0.05, 0.1) is 6.10 Å². The first-order chi connectivity index (χ1) is 5.20. The lowest BCUT2D eigenvalue weighted by Crippen LogP contribution is -2.33. The summed E-state index contributed by atoms with van der Waals surface area (Å²) >= 11 is 0. The number of carbonyl (C=O) groups excluding carboxylic acids is 1. The summed E-state index contributed by atoms with van der Waals surface area (Å²) in [6.07, 6.45) is 2.01. The van der Waals surface area contributed by atoms with Gasteiger partial charge in [-0.25, -0.2) is 0 Å². The summed E-state index contributed by atoms with van der Waals surface area (Å²) in [5.74, 6) is -0.0995. The van der Waals surface area contributed by atoms with Crippen LogP contribution in [0.25, 0.3) is 0 Å². The molecule has 0 aromatic rings. The van der Waals surface area contributed by atoms with Gasteiger partial charge in [0, 0.05) is 0 Å². The molecule has 1 aliphatic rings. The Bertz CT molecular complexity index is 139. The summed E-state index contributed by atoms with van der Waals surface area (Å²) in [6.45, 7) is 4.68. The Morgan fingerprint density at radius 2 is 2.25 bits per heavy atom. The van der Waals surface area contributed by atoms with Crippen LogP contribution < -0.4 is 5.32 Å². The molecule has 1 fully saturated rings. The maximum atomic E-state index is 11.2. The third kappa shape index (κ3) is 3.22. The van der Waals surface area contributed by atoms with Gasteiger partial charge in [0.25, 0.3) is 0 Å². The van der Waals surface area contributed by atoms with E-state index in [1.54, 1.807) is 0 Å². The Morgan fingerprint density at radius 3 is 2.67 bits per heavy atom. The highest BCUT2D eigenvalue weighted by atomic mass is 16.5. The summed E-state index contributed by atoms with van der Waals surface area (Å²) in [4.78, 5) is 11.2. The van der Waals surface area contributed by atoms with Crippen LogP contribution in [0.5, 0.6) is 0 Å². The first-order valence-corrected chi connectivity index (χ1v) is 4.14. The number of nitrogens with one attached hydrogen (secondary N) is 1. The quantitative estimate of drug-likeness (QED) is 0.640. The second kappa shape index (κ2) is 5.14. The number of ether oxygens (including phenoxy) is 1. The van der Waals surface area contributed by atoms with E-state index in [0.717, 1.165) is 19.4 Å². The van der Waals surface area contributed by atoms with E-state index in [0.29, 0.717) is 0 Å². The minimum absolute atomic E-state index is 0. The minimum Gasteiger partial charge on any atom is -0.462 e. The first kappa shape index (κ1) is 11.4. The van der Waals surface area contributed by atoms with E-state index in [4.69, 9.17) is 4.74 Å². The van der Waals surface area contributed by atoms with E-state index in [1.807, 2.05) is 13.8 Å². The molecule has 1 saturated heterocycles. The molecule has 12 heavy (non-hydrogen) atoms. The van der Waals surface area contributed by atoms with Gasteiger partial charge in [-0.15, -0.1) is 0 Å². The van der Waals surface area contributed by atoms with Gasteiger partial charge in [0.2, 0.25) is 0 Å². The molecule has 1 N–H and O–H groups in total. The number of carbonyl (C=O) groups is 1. The van der Waals surface area contributed by atoms with Crippen molar-refractivity contribution >= 4 is 5.97 Å². The van der Waals surface area contributed by atoms with Crippen molar-refractivity contribution in [2.45, 2.75) is 46.3 Å². The van der Waals surface area contributed by atoms with Crippen molar-refractivity contribution in [3.05, 3.63) is 0 Å². The molecule has 1 heterocycles. The van der Waals surface area contributed by atoms with E-state index >= 15 is 0 Å². The summed E-state index contributed by atoms with van der Waals surface area (Å²) in [5.41, 5.74) is 0. The maximum absolute atomic E-state index is 11.2. The molecule has 0 saturated carbocycles. The van der Waals surface area contributed by atoms with Crippen LogP contribution in [0.2, 0.25) is 0 Å². The van der Waals surface area contributed by atoms with E-state index in [-0.39, 0.29) is 25.5 Å². The van der Waals surface area contributed by atoms with Crippen molar-refractivity contribution in [2.24, 2.45) is 0 Å². The molecule has 1 aliphatic heterocycles. The van der Waals surface area contributed by atoms with Crippen LogP contribution in [0.4, 0.5) is 0 Å². The summed E-state index contributed by atoms with van der Waals surface area (Å²) < 4.78 is 5.03. The van der Waals surface area contributed by atoms with Crippen LogP contribution in [0.3, 0.4) is 0 Å². The molecule has 1 unspecified atom stereocenters. The van der Waals surface area contributed by atoms with Crippen molar-refractivity contribution in [2.75, 3.05) is 6.54 Å². The zero-order valence-corrected chi connectivity index (χ0v) is 7.09. The van der Waals surface area contributed by atoms with Gasteiger partial charge in [0.1, 0.15) is 6.04 Å². The Kier molecular flexibility index (Phi) is 4.90. The monoisotopic (exact) mass is 173 g/mol. The predicted octanol–water partition coefficient (Wildman–Crippen LogP) is 1.33. The second-order valence-corrected chi connectivity index (χ2v) is 3.13. The van der Waals surface area contributed by atoms with Crippen molar-refractivity contribution in [1.82, 2.24) is 5.32 Å². The summed E-state index contributed by atoms with van der Waals surface area (Å²) in [7, 11) is 0. The van der Waals surface area contributed by atoms with Crippen LogP contribution in [0, 0.1) is 0 Å².